The van der Waals surface area contributed by atoms with Crippen molar-refractivity contribution < 1.29 is 24.5 Å². The van der Waals surface area contributed by atoms with Crippen molar-refractivity contribution in [1.29, 1.82) is 0 Å². The second kappa shape index (κ2) is 4.07. The highest BCUT2D eigenvalue weighted by atomic mass is 16.5. The quantitative estimate of drug-likeness (QED) is 0.759. The molecule has 5 heteroatoms. The summed E-state index contributed by atoms with van der Waals surface area (Å²) >= 11 is 0. The van der Waals surface area contributed by atoms with Crippen LogP contribution in [-0.2, 0) is 14.3 Å². The van der Waals surface area contributed by atoms with E-state index in [0.29, 0.717) is 23.7 Å². The number of allylic oxidation sites excluding steroid dienone is 2. The molecule has 4 aliphatic rings. The van der Waals surface area contributed by atoms with Crippen molar-refractivity contribution >= 4 is 11.9 Å². The summed E-state index contributed by atoms with van der Waals surface area (Å²) in [6.45, 7) is 0. The molecule has 2 aliphatic heterocycles. The van der Waals surface area contributed by atoms with Gasteiger partial charge in [-0.3, -0.25) is 9.59 Å². The Morgan fingerprint density at radius 3 is 1.80 bits per heavy atom. The van der Waals surface area contributed by atoms with Gasteiger partial charge in [-0.2, -0.15) is 0 Å². The van der Waals surface area contributed by atoms with Crippen molar-refractivity contribution in [3.63, 3.8) is 0 Å². The van der Waals surface area contributed by atoms with Crippen molar-refractivity contribution in [2.75, 3.05) is 0 Å². The van der Waals surface area contributed by atoms with Gasteiger partial charge in [0.2, 0.25) is 0 Å². The van der Waals surface area contributed by atoms with E-state index in [2.05, 4.69) is 12.2 Å². The second-order valence-electron chi connectivity index (χ2n) is 6.69. The van der Waals surface area contributed by atoms with Crippen LogP contribution in [-0.4, -0.2) is 34.4 Å². The fourth-order valence-corrected chi connectivity index (χ4v) is 5.39. The maximum absolute atomic E-state index is 11.1. The van der Waals surface area contributed by atoms with Gasteiger partial charge in [0.25, 0.3) is 0 Å². The molecule has 108 valence electrons. The third-order valence-electron chi connectivity index (χ3n) is 5.87. The van der Waals surface area contributed by atoms with E-state index in [4.69, 9.17) is 14.9 Å². The molecule has 2 saturated heterocycles. The molecule has 4 rings (SSSR count). The summed E-state index contributed by atoms with van der Waals surface area (Å²) in [5, 5.41) is 18.2. The molecular formula is C15H18O5. The first-order valence-electron chi connectivity index (χ1n) is 7.33. The average Bonchev–Trinajstić information content (AvgIpc) is 3.06. The molecule has 8 atom stereocenters. The topological polar surface area (TPSA) is 83.8 Å². The molecule has 0 aromatic heterocycles. The lowest BCUT2D eigenvalue weighted by Gasteiger charge is -2.37. The van der Waals surface area contributed by atoms with E-state index < -0.39 is 11.9 Å². The van der Waals surface area contributed by atoms with Gasteiger partial charge in [0.1, 0.15) is 0 Å². The van der Waals surface area contributed by atoms with E-state index in [9.17, 15) is 9.59 Å². The zero-order valence-corrected chi connectivity index (χ0v) is 11.0. The van der Waals surface area contributed by atoms with Gasteiger partial charge < -0.3 is 14.9 Å². The lowest BCUT2D eigenvalue weighted by atomic mass is 9.63. The molecule has 20 heavy (non-hydrogen) atoms. The first-order valence-corrected chi connectivity index (χ1v) is 7.33. The molecule has 3 fully saturated rings. The maximum atomic E-state index is 11.1. The fourth-order valence-electron chi connectivity index (χ4n) is 5.39. The minimum atomic E-state index is -0.850. The Morgan fingerprint density at radius 2 is 1.40 bits per heavy atom. The fraction of sp³-hybridized carbons (Fsp3) is 0.733. The normalized spacial score (nSPS) is 50.6. The second-order valence-corrected chi connectivity index (χ2v) is 6.69. The standard InChI is InChI=1S/C15H18O5/c16-10(17)4-8-9(5-11(18)19)15-13-7-2-1-6(3-7)12(13)14(8)20-15/h1-2,6-9,12-15H,3-5H2,(H,16,17)(H,18,19). The highest BCUT2D eigenvalue weighted by Gasteiger charge is 2.66. The van der Waals surface area contributed by atoms with Gasteiger partial charge in [-0.05, 0) is 30.1 Å². The Bertz CT molecular complexity index is 456. The molecular weight excluding hydrogens is 260 g/mol. The summed E-state index contributed by atoms with van der Waals surface area (Å²) in [7, 11) is 0. The minimum absolute atomic E-state index is 0.0312. The maximum Gasteiger partial charge on any atom is 0.303 e. The van der Waals surface area contributed by atoms with E-state index in [1.165, 1.54) is 0 Å². The minimum Gasteiger partial charge on any atom is -0.481 e. The van der Waals surface area contributed by atoms with Crippen LogP contribution in [0.2, 0.25) is 0 Å². The van der Waals surface area contributed by atoms with E-state index >= 15 is 0 Å². The number of carboxylic acid groups (broad SMARTS) is 2. The summed E-state index contributed by atoms with van der Waals surface area (Å²) in [4.78, 5) is 22.2. The van der Waals surface area contributed by atoms with Crippen LogP contribution in [0.5, 0.6) is 0 Å². The number of carboxylic acids is 2. The Labute approximate surface area is 116 Å². The van der Waals surface area contributed by atoms with Gasteiger partial charge in [-0.25, -0.2) is 0 Å². The molecule has 5 nitrogen and oxygen atoms in total. The summed E-state index contributed by atoms with van der Waals surface area (Å²) in [6.07, 6.45) is 5.61. The molecule has 2 heterocycles. The van der Waals surface area contributed by atoms with Crippen LogP contribution in [0.4, 0.5) is 0 Å². The predicted molar refractivity (Wildman–Crippen MR) is 67.9 cm³/mol. The van der Waals surface area contributed by atoms with Gasteiger partial charge >= 0.3 is 11.9 Å². The molecule has 8 unspecified atom stereocenters. The first-order chi connectivity index (χ1) is 9.56. The van der Waals surface area contributed by atoms with Gasteiger partial charge in [0.15, 0.2) is 0 Å². The Balaban J connectivity index is 1.64. The summed E-state index contributed by atoms with van der Waals surface area (Å²) < 4.78 is 6.08. The average molecular weight is 278 g/mol. The van der Waals surface area contributed by atoms with E-state index in [1.54, 1.807) is 0 Å². The summed E-state index contributed by atoms with van der Waals surface area (Å²) in [5.74, 6) is -0.100. The van der Waals surface area contributed by atoms with Crippen LogP contribution >= 0.6 is 0 Å². The number of rotatable bonds is 4. The van der Waals surface area contributed by atoms with Crippen LogP contribution < -0.4 is 0 Å². The third-order valence-corrected chi connectivity index (χ3v) is 5.87. The highest BCUT2D eigenvalue weighted by molar-refractivity contribution is 5.69. The van der Waals surface area contributed by atoms with E-state index in [0.717, 1.165) is 6.42 Å². The Kier molecular flexibility index (Phi) is 2.52. The molecule has 2 aliphatic carbocycles. The smallest absolute Gasteiger partial charge is 0.303 e. The van der Waals surface area contributed by atoms with Gasteiger partial charge in [0, 0.05) is 11.8 Å². The molecule has 0 spiro atoms. The number of ether oxygens (including phenoxy) is 1. The van der Waals surface area contributed by atoms with E-state index in [1.807, 2.05) is 0 Å². The number of hydrogen-bond donors (Lipinski definition) is 2. The summed E-state index contributed by atoms with van der Waals surface area (Å²) in [6, 6.07) is 0. The number of hydrogen-bond acceptors (Lipinski definition) is 3. The SMILES string of the molecule is O=C(O)CC1C(CC(=O)O)C2OC1C1C3C=CC(C3)C21. The molecule has 1 saturated carbocycles. The number of fused-ring (bicyclic) bond motifs is 9. The molecule has 2 N–H and O–H groups in total. The van der Waals surface area contributed by atoms with Crippen LogP contribution in [0.3, 0.4) is 0 Å². The van der Waals surface area contributed by atoms with Crippen molar-refractivity contribution in [2.24, 2.45) is 35.5 Å². The van der Waals surface area contributed by atoms with Crippen molar-refractivity contribution in [2.45, 2.75) is 31.5 Å². The molecule has 4 bridgehead atoms. The van der Waals surface area contributed by atoms with Crippen LogP contribution in [0.25, 0.3) is 0 Å². The molecule has 0 amide bonds. The Morgan fingerprint density at radius 1 is 0.950 bits per heavy atom. The monoisotopic (exact) mass is 278 g/mol. The van der Waals surface area contributed by atoms with Crippen molar-refractivity contribution in [3.8, 4) is 0 Å². The molecule has 0 aromatic rings. The van der Waals surface area contributed by atoms with Crippen LogP contribution in [0.15, 0.2) is 12.2 Å². The van der Waals surface area contributed by atoms with E-state index in [-0.39, 0.29) is 36.9 Å². The Hall–Kier alpha value is -1.36. The van der Waals surface area contributed by atoms with Gasteiger partial charge in [-0.1, -0.05) is 12.2 Å². The third kappa shape index (κ3) is 1.53. The molecule has 0 aromatic carbocycles. The van der Waals surface area contributed by atoms with Crippen LogP contribution in [0, 0.1) is 35.5 Å². The van der Waals surface area contributed by atoms with Crippen LogP contribution in [0.1, 0.15) is 19.3 Å². The van der Waals surface area contributed by atoms with Crippen molar-refractivity contribution in [3.05, 3.63) is 12.2 Å². The largest absolute Gasteiger partial charge is 0.481 e. The van der Waals surface area contributed by atoms with Gasteiger partial charge in [0.05, 0.1) is 25.0 Å². The predicted octanol–water partition coefficient (Wildman–Crippen LogP) is 1.39. The number of aliphatic carboxylic acids is 2. The molecule has 0 radical (unpaired) electrons. The highest BCUT2D eigenvalue weighted by Crippen LogP contribution is 2.64. The zero-order chi connectivity index (χ0) is 14.0. The lowest BCUT2D eigenvalue weighted by Crippen LogP contribution is -2.43. The van der Waals surface area contributed by atoms with Crippen molar-refractivity contribution in [1.82, 2.24) is 0 Å². The van der Waals surface area contributed by atoms with Gasteiger partial charge in [-0.15, -0.1) is 0 Å². The zero-order valence-electron chi connectivity index (χ0n) is 11.0. The first kappa shape index (κ1) is 12.4. The lowest BCUT2D eigenvalue weighted by molar-refractivity contribution is -0.142. The number of carbonyl (C=O) groups is 2. The summed E-state index contributed by atoms with van der Waals surface area (Å²) in [5.41, 5.74) is 0.